The van der Waals surface area contributed by atoms with Crippen LogP contribution in [0.4, 0.5) is 4.39 Å². The molecule has 0 unspecified atom stereocenters. The average Bonchev–Trinajstić information content (AvgIpc) is 2.70. The van der Waals surface area contributed by atoms with Gasteiger partial charge in [0.15, 0.2) is 5.82 Å². The van der Waals surface area contributed by atoms with Gasteiger partial charge in [-0.1, -0.05) is 22.0 Å². The van der Waals surface area contributed by atoms with Crippen molar-refractivity contribution in [3.05, 3.63) is 46.2 Å². The zero-order valence-corrected chi connectivity index (χ0v) is 9.98. The van der Waals surface area contributed by atoms with Gasteiger partial charge in [-0.2, -0.15) is 5.10 Å². The smallest absolute Gasteiger partial charge is 0.164 e. The van der Waals surface area contributed by atoms with Crippen molar-refractivity contribution in [3.8, 4) is 0 Å². The number of halogens is 2. The van der Waals surface area contributed by atoms with Gasteiger partial charge in [0.1, 0.15) is 12.1 Å². The molecule has 16 heavy (non-hydrogen) atoms. The molecule has 0 spiro atoms. The third-order valence-electron chi connectivity index (χ3n) is 2.11. The summed E-state index contributed by atoms with van der Waals surface area (Å²) in [6.07, 6.45) is 1.61. The number of hydrogen-bond donors (Lipinski definition) is 1. The summed E-state index contributed by atoms with van der Waals surface area (Å²) in [6.45, 7) is 0.853. The number of nitrogens with zero attached hydrogens (tertiary/aromatic N) is 3. The highest BCUT2D eigenvalue weighted by atomic mass is 79.9. The summed E-state index contributed by atoms with van der Waals surface area (Å²) in [4.78, 5) is 4.02. The summed E-state index contributed by atoms with van der Waals surface area (Å²) >= 11 is 3.30. The first-order chi connectivity index (χ1) is 7.69. The van der Waals surface area contributed by atoms with Crippen molar-refractivity contribution >= 4 is 15.9 Å². The van der Waals surface area contributed by atoms with Crippen molar-refractivity contribution in [3.63, 3.8) is 0 Å². The molecule has 2 N–H and O–H groups in total. The van der Waals surface area contributed by atoms with Crippen LogP contribution in [0.25, 0.3) is 0 Å². The Labute approximate surface area is 100 Å². The van der Waals surface area contributed by atoms with E-state index in [1.807, 2.05) is 0 Å². The lowest BCUT2D eigenvalue weighted by Gasteiger charge is -2.04. The van der Waals surface area contributed by atoms with Crippen molar-refractivity contribution in [2.75, 3.05) is 0 Å². The Kier molecular flexibility index (Phi) is 3.31. The van der Waals surface area contributed by atoms with Gasteiger partial charge in [-0.05, 0) is 17.7 Å². The van der Waals surface area contributed by atoms with Gasteiger partial charge in [0.25, 0.3) is 0 Å². The second kappa shape index (κ2) is 4.71. The van der Waals surface area contributed by atoms with Gasteiger partial charge >= 0.3 is 0 Å². The predicted octanol–water partition coefficient (Wildman–Crippen LogP) is 1.69. The van der Waals surface area contributed by atoms with E-state index in [0.29, 0.717) is 18.9 Å². The maximum Gasteiger partial charge on any atom is 0.164 e. The molecule has 0 atom stereocenters. The molecule has 1 aromatic heterocycles. The van der Waals surface area contributed by atoms with Crippen LogP contribution in [0.5, 0.6) is 0 Å². The Morgan fingerprint density at radius 1 is 1.44 bits per heavy atom. The molecular weight excluding hydrogens is 275 g/mol. The van der Waals surface area contributed by atoms with Crippen LogP contribution in [-0.2, 0) is 13.1 Å². The lowest BCUT2D eigenvalue weighted by atomic mass is 10.2. The van der Waals surface area contributed by atoms with Gasteiger partial charge in [0, 0.05) is 4.47 Å². The van der Waals surface area contributed by atoms with Crippen molar-refractivity contribution < 1.29 is 4.39 Å². The third-order valence-corrected chi connectivity index (χ3v) is 2.85. The Hall–Kier alpha value is -1.27. The molecule has 0 aliphatic carbocycles. The molecule has 0 aliphatic rings. The summed E-state index contributed by atoms with van der Waals surface area (Å²) in [6, 6.07) is 4.56. The van der Waals surface area contributed by atoms with Gasteiger partial charge in [0.05, 0.1) is 13.1 Å². The van der Waals surface area contributed by atoms with Crippen LogP contribution in [0.1, 0.15) is 11.4 Å². The van der Waals surface area contributed by atoms with Crippen molar-refractivity contribution in [1.29, 1.82) is 0 Å². The minimum absolute atomic E-state index is 0.267. The summed E-state index contributed by atoms with van der Waals surface area (Å²) in [5.41, 5.74) is 6.35. The van der Waals surface area contributed by atoms with Gasteiger partial charge in [0.2, 0.25) is 0 Å². The summed E-state index contributed by atoms with van der Waals surface area (Å²) < 4.78 is 15.3. The standard InChI is InChI=1S/C10H10BrFN4/c11-9-3-8(12)2-1-7(9)5-16-6-14-10(4-13)15-16/h1-3,6H,4-5,13H2. The van der Waals surface area contributed by atoms with Gasteiger partial charge in [-0.25, -0.2) is 14.1 Å². The lowest BCUT2D eigenvalue weighted by molar-refractivity contribution is 0.622. The highest BCUT2D eigenvalue weighted by molar-refractivity contribution is 9.10. The van der Waals surface area contributed by atoms with Crippen LogP contribution in [-0.4, -0.2) is 14.8 Å². The fourth-order valence-corrected chi connectivity index (χ4v) is 1.80. The maximum absolute atomic E-state index is 12.9. The molecule has 4 nitrogen and oxygen atoms in total. The van der Waals surface area contributed by atoms with Crippen LogP contribution in [0.15, 0.2) is 29.0 Å². The number of benzene rings is 1. The molecular formula is C10H10BrFN4. The molecule has 1 aromatic carbocycles. The number of rotatable bonds is 3. The first-order valence-electron chi connectivity index (χ1n) is 4.71. The molecule has 0 radical (unpaired) electrons. The van der Waals surface area contributed by atoms with Crippen molar-refractivity contribution in [2.24, 2.45) is 5.73 Å². The fraction of sp³-hybridized carbons (Fsp3) is 0.200. The Balaban J connectivity index is 2.20. The van der Waals surface area contributed by atoms with E-state index in [9.17, 15) is 4.39 Å². The maximum atomic E-state index is 12.9. The molecule has 1 heterocycles. The third kappa shape index (κ3) is 2.45. The molecule has 2 aromatic rings. The Bertz CT molecular complexity index is 497. The minimum Gasteiger partial charge on any atom is -0.324 e. The van der Waals surface area contributed by atoms with Gasteiger partial charge < -0.3 is 5.73 Å². The summed E-state index contributed by atoms with van der Waals surface area (Å²) in [7, 11) is 0. The molecule has 0 amide bonds. The number of aromatic nitrogens is 3. The Morgan fingerprint density at radius 3 is 2.88 bits per heavy atom. The molecule has 0 saturated heterocycles. The van der Waals surface area contributed by atoms with Crippen molar-refractivity contribution in [1.82, 2.24) is 14.8 Å². The van der Waals surface area contributed by atoms with Crippen LogP contribution < -0.4 is 5.73 Å². The largest absolute Gasteiger partial charge is 0.324 e. The minimum atomic E-state index is -0.267. The zero-order valence-electron chi connectivity index (χ0n) is 8.40. The van der Waals surface area contributed by atoms with E-state index in [1.54, 1.807) is 17.1 Å². The van der Waals surface area contributed by atoms with Gasteiger partial charge in [-0.15, -0.1) is 0 Å². The van der Waals surface area contributed by atoms with Crippen molar-refractivity contribution in [2.45, 2.75) is 13.1 Å². The fourth-order valence-electron chi connectivity index (χ4n) is 1.33. The SMILES string of the molecule is NCc1ncn(Cc2ccc(F)cc2Br)n1. The monoisotopic (exact) mass is 284 g/mol. The van der Waals surface area contributed by atoms with Crippen LogP contribution in [0, 0.1) is 5.82 Å². The van der Waals surface area contributed by atoms with Gasteiger partial charge in [-0.3, -0.25) is 0 Å². The molecule has 0 saturated carbocycles. The molecule has 0 fully saturated rings. The Morgan fingerprint density at radius 2 is 2.25 bits per heavy atom. The van der Waals surface area contributed by atoms with E-state index >= 15 is 0 Å². The molecule has 84 valence electrons. The normalized spacial score (nSPS) is 10.7. The topological polar surface area (TPSA) is 56.7 Å². The first kappa shape index (κ1) is 11.2. The van der Waals surface area contributed by atoms with Crippen LogP contribution in [0.3, 0.4) is 0 Å². The van der Waals surface area contributed by atoms with Crippen LogP contribution in [0.2, 0.25) is 0 Å². The predicted molar refractivity (Wildman–Crippen MR) is 61.1 cm³/mol. The quantitative estimate of drug-likeness (QED) is 0.933. The lowest BCUT2D eigenvalue weighted by Crippen LogP contribution is -2.04. The van der Waals surface area contributed by atoms with E-state index in [-0.39, 0.29) is 5.82 Å². The molecule has 6 heteroatoms. The number of nitrogens with two attached hydrogens (primary N) is 1. The molecule has 0 bridgehead atoms. The average molecular weight is 285 g/mol. The highest BCUT2D eigenvalue weighted by Crippen LogP contribution is 2.18. The van der Waals surface area contributed by atoms with E-state index in [4.69, 9.17) is 5.73 Å². The second-order valence-electron chi connectivity index (χ2n) is 3.30. The summed E-state index contributed by atoms with van der Waals surface area (Å²) in [5.74, 6) is 0.329. The molecule has 0 aliphatic heterocycles. The zero-order chi connectivity index (χ0) is 11.5. The van der Waals surface area contributed by atoms with Crippen LogP contribution >= 0.6 is 15.9 Å². The van der Waals surface area contributed by atoms with E-state index < -0.39 is 0 Å². The van der Waals surface area contributed by atoms with E-state index in [1.165, 1.54) is 12.1 Å². The second-order valence-corrected chi connectivity index (χ2v) is 4.15. The first-order valence-corrected chi connectivity index (χ1v) is 5.50. The highest BCUT2D eigenvalue weighted by Gasteiger charge is 2.04. The number of hydrogen-bond acceptors (Lipinski definition) is 3. The molecule has 2 rings (SSSR count). The van der Waals surface area contributed by atoms with E-state index in [2.05, 4.69) is 26.0 Å². The van der Waals surface area contributed by atoms with E-state index in [0.717, 1.165) is 10.0 Å². The summed E-state index contributed by atoms with van der Waals surface area (Å²) in [5, 5.41) is 4.15.